The van der Waals surface area contributed by atoms with Crippen LogP contribution in [0, 0.1) is 0 Å². The summed E-state index contributed by atoms with van der Waals surface area (Å²) < 4.78 is 16.9. The molecule has 0 unspecified atom stereocenters. The SMILES string of the molecule is C[C@H](OC(=O)[C@@H](O)CC(=O)OC1=CC[C@@]2(O)[C@H]3Cc4ccc(CO)c5c4[C@@]2(CCCN3C)[C@H]1O5)C(=O)N[C@@H](CC(=O)O)C(=O)O. The molecule has 0 radical (unpaired) electrons. The lowest BCUT2D eigenvalue weighted by Crippen LogP contribution is -2.69. The monoisotopic (exact) mass is 632 g/mol. The average Bonchev–Trinajstić information content (AvgIpc) is 3.31. The predicted molar refractivity (Wildman–Crippen MR) is 150 cm³/mol. The van der Waals surface area contributed by atoms with E-state index >= 15 is 0 Å². The molecular formula is C30H36N2O13. The number of aliphatic hydroxyl groups excluding tert-OH is 2. The Balaban J connectivity index is 1.29. The summed E-state index contributed by atoms with van der Waals surface area (Å²) >= 11 is 0. The number of aliphatic hydroxyl groups is 3. The lowest BCUT2D eigenvalue weighted by atomic mass is 9.52. The third-order valence-corrected chi connectivity index (χ3v) is 9.37. The Morgan fingerprint density at radius 2 is 1.91 bits per heavy atom. The maximum Gasteiger partial charge on any atom is 0.336 e. The molecule has 15 nitrogen and oxygen atoms in total. The van der Waals surface area contributed by atoms with E-state index in [9.17, 15) is 39.3 Å². The molecule has 2 aliphatic heterocycles. The fraction of sp³-hybridized carbons (Fsp3) is 0.567. The van der Waals surface area contributed by atoms with E-state index < -0.39 is 78.0 Å². The summed E-state index contributed by atoms with van der Waals surface area (Å²) in [4.78, 5) is 61.9. The van der Waals surface area contributed by atoms with Crippen molar-refractivity contribution in [2.24, 2.45) is 0 Å². The quantitative estimate of drug-likeness (QED) is 0.163. The first-order valence-corrected chi connectivity index (χ1v) is 14.6. The summed E-state index contributed by atoms with van der Waals surface area (Å²) in [5.74, 6) is -6.03. The zero-order chi connectivity index (χ0) is 32.8. The Bertz CT molecular complexity index is 1460. The molecule has 45 heavy (non-hydrogen) atoms. The second-order valence-electron chi connectivity index (χ2n) is 12.0. The normalized spacial score (nSPS) is 28.2. The molecular weight excluding hydrogens is 596 g/mol. The number of aliphatic carboxylic acids is 2. The number of carbonyl (C=O) groups is 5. The van der Waals surface area contributed by atoms with E-state index in [4.69, 9.17) is 24.4 Å². The first kappa shape index (κ1) is 32.3. The van der Waals surface area contributed by atoms with Crippen LogP contribution in [0.25, 0.3) is 0 Å². The standard InChI is InChI=1S/C30H36N2O13/c1-14(26(38)31-17(27(39)40)11-21(35)36)43-28(41)18(34)12-22(37)44-19-6-8-30(42)20-10-15-4-5-16(13-33)24-23(15)29(30,25(19)45-24)7-3-9-32(20)2/h4-6,14,17-18,20,25,33-34,42H,3,7-13H2,1-2H3,(H,31,38)(H,35,36)(H,39,40)/t14-,17-,18-,20+,25-,29-,30+/m0/s1. The van der Waals surface area contributed by atoms with Gasteiger partial charge in [-0.3, -0.25) is 14.4 Å². The Labute approximate surface area is 257 Å². The number of hydrogen-bond acceptors (Lipinski definition) is 12. The number of carbonyl (C=O) groups excluding carboxylic acids is 3. The number of nitrogens with one attached hydrogen (secondary N) is 1. The second kappa shape index (κ2) is 12.0. The Morgan fingerprint density at radius 1 is 1.18 bits per heavy atom. The summed E-state index contributed by atoms with van der Waals surface area (Å²) in [6.07, 6.45) is -2.84. The summed E-state index contributed by atoms with van der Waals surface area (Å²) in [5.41, 5.74) is 0.0784. The van der Waals surface area contributed by atoms with Crippen LogP contribution in [0.4, 0.5) is 0 Å². The molecule has 1 spiro atoms. The minimum absolute atomic E-state index is 0.104. The molecule has 5 rings (SSSR count). The van der Waals surface area contributed by atoms with Gasteiger partial charge in [-0.25, -0.2) is 9.59 Å². The number of likely N-dealkylation sites (tertiary alicyclic amines) is 1. The first-order chi connectivity index (χ1) is 21.2. The lowest BCUT2D eigenvalue weighted by molar-refractivity contribution is -0.167. The highest BCUT2D eigenvalue weighted by Gasteiger charge is 2.70. The maximum atomic E-state index is 13.0. The van der Waals surface area contributed by atoms with Crippen molar-refractivity contribution in [1.82, 2.24) is 10.2 Å². The fourth-order valence-electron chi connectivity index (χ4n) is 7.27. The van der Waals surface area contributed by atoms with Gasteiger partial charge >= 0.3 is 23.9 Å². The number of carboxylic acids is 2. The van der Waals surface area contributed by atoms with Crippen LogP contribution in [-0.2, 0) is 51.9 Å². The number of esters is 2. The van der Waals surface area contributed by atoms with E-state index in [1.165, 1.54) is 0 Å². The van der Waals surface area contributed by atoms with Gasteiger partial charge in [0.2, 0.25) is 0 Å². The smallest absolute Gasteiger partial charge is 0.336 e. The van der Waals surface area contributed by atoms with Gasteiger partial charge in [-0.2, -0.15) is 0 Å². The first-order valence-electron chi connectivity index (χ1n) is 14.6. The van der Waals surface area contributed by atoms with E-state index in [0.29, 0.717) is 24.2 Å². The van der Waals surface area contributed by atoms with Crippen LogP contribution in [0.3, 0.4) is 0 Å². The highest BCUT2D eigenvalue weighted by atomic mass is 16.6. The highest BCUT2D eigenvalue weighted by Crippen LogP contribution is 2.64. The molecule has 244 valence electrons. The van der Waals surface area contributed by atoms with E-state index in [1.807, 2.05) is 18.4 Å². The summed E-state index contributed by atoms with van der Waals surface area (Å²) in [6.45, 7) is 1.51. The van der Waals surface area contributed by atoms with Crippen molar-refractivity contribution in [2.75, 3.05) is 13.6 Å². The molecule has 1 amide bonds. The largest absolute Gasteiger partial charge is 0.481 e. The van der Waals surface area contributed by atoms with Gasteiger partial charge in [-0.05, 0) is 51.4 Å². The van der Waals surface area contributed by atoms with Crippen molar-refractivity contribution < 1.29 is 63.7 Å². The van der Waals surface area contributed by atoms with Crippen molar-refractivity contribution in [3.05, 3.63) is 40.7 Å². The molecule has 2 heterocycles. The van der Waals surface area contributed by atoms with Gasteiger partial charge in [-0.1, -0.05) is 12.1 Å². The van der Waals surface area contributed by atoms with Gasteiger partial charge in [0.1, 0.15) is 17.6 Å². The van der Waals surface area contributed by atoms with Gasteiger partial charge in [0.15, 0.2) is 18.3 Å². The Hall–Kier alpha value is -4.05. The molecule has 0 saturated carbocycles. The molecule has 1 fully saturated rings. The summed E-state index contributed by atoms with van der Waals surface area (Å²) in [7, 11) is 1.96. The average molecular weight is 633 g/mol. The Kier molecular flexibility index (Phi) is 8.65. The number of benzene rings is 1. The molecule has 1 aromatic rings. The lowest BCUT2D eigenvalue weighted by Gasteiger charge is -2.56. The fourth-order valence-corrected chi connectivity index (χ4v) is 7.27. The molecule has 1 aromatic carbocycles. The van der Waals surface area contributed by atoms with Crippen molar-refractivity contribution in [3.8, 4) is 5.75 Å². The topological polar surface area (TPSA) is 229 Å². The molecule has 0 aromatic heterocycles. The minimum atomic E-state index is -2.05. The van der Waals surface area contributed by atoms with Crippen molar-refractivity contribution in [2.45, 2.75) is 93.5 Å². The number of rotatable bonds is 11. The van der Waals surface area contributed by atoms with Crippen molar-refractivity contribution >= 4 is 29.8 Å². The minimum Gasteiger partial charge on any atom is -0.481 e. The van der Waals surface area contributed by atoms with Crippen LogP contribution in [0.5, 0.6) is 5.75 Å². The summed E-state index contributed by atoms with van der Waals surface area (Å²) in [5, 5.41) is 52.7. The van der Waals surface area contributed by atoms with Crippen LogP contribution in [0.2, 0.25) is 0 Å². The third kappa shape index (κ3) is 5.43. The molecule has 2 aliphatic carbocycles. The molecule has 2 bridgehead atoms. The zero-order valence-corrected chi connectivity index (χ0v) is 24.7. The van der Waals surface area contributed by atoms with E-state index in [1.54, 1.807) is 12.1 Å². The number of carboxylic acid groups (broad SMARTS) is 2. The molecule has 15 heteroatoms. The van der Waals surface area contributed by atoms with Crippen LogP contribution in [0.1, 0.15) is 55.7 Å². The summed E-state index contributed by atoms with van der Waals surface area (Å²) in [6, 6.07) is 1.69. The van der Waals surface area contributed by atoms with Crippen LogP contribution >= 0.6 is 0 Å². The van der Waals surface area contributed by atoms with Crippen molar-refractivity contribution in [3.63, 3.8) is 0 Å². The number of nitrogens with zero attached hydrogens (tertiary/aromatic N) is 1. The number of likely N-dealkylation sites (N-methyl/N-ethyl adjacent to an activating group) is 1. The van der Waals surface area contributed by atoms with Gasteiger partial charge in [0.05, 0.1) is 30.5 Å². The van der Waals surface area contributed by atoms with E-state index in [0.717, 1.165) is 31.0 Å². The molecule has 1 saturated heterocycles. The van der Waals surface area contributed by atoms with Crippen LogP contribution < -0.4 is 10.1 Å². The van der Waals surface area contributed by atoms with Gasteiger partial charge < -0.3 is 50.0 Å². The van der Waals surface area contributed by atoms with Crippen LogP contribution in [0.15, 0.2) is 24.0 Å². The highest BCUT2D eigenvalue weighted by molar-refractivity contribution is 5.90. The third-order valence-electron chi connectivity index (χ3n) is 9.37. The van der Waals surface area contributed by atoms with Crippen LogP contribution in [-0.4, -0.2) is 110 Å². The molecule has 6 N–H and O–H groups in total. The molecule has 7 atom stereocenters. The number of amides is 1. The van der Waals surface area contributed by atoms with E-state index in [2.05, 4.69) is 4.90 Å². The maximum absolute atomic E-state index is 13.0. The van der Waals surface area contributed by atoms with Gasteiger partial charge in [0, 0.05) is 23.6 Å². The van der Waals surface area contributed by atoms with Crippen molar-refractivity contribution in [1.29, 1.82) is 0 Å². The van der Waals surface area contributed by atoms with Gasteiger partial charge in [-0.15, -0.1) is 0 Å². The second-order valence-corrected chi connectivity index (χ2v) is 12.0. The van der Waals surface area contributed by atoms with E-state index in [-0.39, 0.29) is 24.8 Å². The Morgan fingerprint density at radius 3 is 2.58 bits per heavy atom. The zero-order valence-electron chi connectivity index (χ0n) is 24.7. The number of ether oxygens (including phenoxy) is 3. The molecule has 4 aliphatic rings. The number of hydrogen-bond donors (Lipinski definition) is 6. The predicted octanol–water partition coefficient (Wildman–Crippen LogP) is -0.883. The van der Waals surface area contributed by atoms with Gasteiger partial charge in [0.25, 0.3) is 5.91 Å².